The van der Waals surface area contributed by atoms with Crippen molar-refractivity contribution in [3.8, 4) is 11.6 Å². The Balaban J connectivity index is 1.36. The second-order valence-electron chi connectivity index (χ2n) is 7.51. The Morgan fingerprint density at radius 1 is 1.24 bits per heavy atom. The van der Waals surface area contributed by atoms with Gasteiger partial charge in [0, 0.05) is 17.4 Å². The van der Waals surface area contributed by atoms with Gasteiger partial charge in [0.2, 0.25) is 5.88 Å². The summed E-state index contributed by atoms with van der Waals surface area (Å²) in [5.74, 6) is -1.33. The van der Waals surface area contributed by atoms with Gasteiger partial charge in [-0.15, -0.1) is 11.8 Å². The number of halogens is 6. The van der Waals surface area contributed by atoms with Crippen molar-refractivity contribution in [3.05, 3.63) is 41.1 Å². The Hall–Kier alpha value is -2.61. The highest BCUT2D eigenvalue weighted by molar-refractivity contribution is 7.99. The fourth-order valence-corrected chi connectivity index (χ4v) is 4.25. The van der Waals surface area contributed by atoms with Crippen LogP contribution in [0.1, 0.15) is 27.7 Å². The highest BCUT2D eigenvalue weighted by Gasteiger charge is 2.37. The molecule has 0 aliphatic carbocycles. The summed E-state index contributed by atoms with van der Waals surface area (Å²) < 4.78 is 87.9. The first-order valence-corrected chi connectivity index (χ1v) is 10.8. The number of carbonyl (C=O) groups excluding carboxylic acids is 1. The molecule has 0 saturated carbocycles. The number of alkyl halides is 6. The minimum Gasteiger partial charge on any atom is -0.491 e. The molecule has 1 aromatic carbocycles. The van der Waals surface area contributed by atoms with Gasteiger partial charge in [0.1, 0.15) is 24.6 Å². The number of aliphatic hydroxyl groups is 1. The lowest BCUT2D eigenvalue weighted by Crippen LogP contribution is -2.45. The zero-order valence-corrected chi connectivity index (χ0v) is 17.4. The quantitative estimate of drug-likeness (QED) is 0.618. The van der Waals surface area contributed by atoms with Crippen LogP contribution >= 0.6 is 11.8 Å². The molecule has 1 unspecified atom stereocenters. The van der Waals surface area contributed by atoms with Crippen molar-refractivity contribution >= 4 is 17.7 Å². The van der Waals surface area contributed by atoms with Crippen LogP contribution in [-0.2, 0) is 12.7 Å². The third-order valence-electron chi connectivity index (χ3n) is 4.98. The van der Waals surface area contributed by atoms with Crippen LogP contribution in [0.4, 0.5) is 26.3 Å². The number of fused-ring (bicyclic) bond motifs is 2. The molecule has 7 nitrogen and oxygen atoms in total. The summed E-state index contributed by atoms with van der Waals surface area (Å²) in [6.45, 7) is -0.00985. The maximum Gasteiger partial charge on any atom is 0.416 e. The third kappa shape index (κ3) is 5.32. The number of aromatic nitrogens is 2. The molecule has 2 aliphatic heterocycles. The summed E-state index contributed by atoms with van der Waals surface area (Å²) in [7, 11) is 0. The highest BCUT2D eigenvalue weighted by atomic mass is 32.2. The van der Waals surface area contributed by atoms with Gasteiger partial charge >= 0.3 is 12.4 Å². The van der Waals surface area contributed by atoms with E-state index in [4.69, 9.17) is 9.47 Å². The zero-order chi connectivity index (χ0) is 24.0. The van der Waals surface area contributed by atoms with Crippen molar-refractivity contribution in [3.63, 3.8) is 0 Å². The first kappa shape index (κ1) is 23.5. The molecule has 0 fully saturated rings. The minimum atomic E-state index is -4.61. The molecule has 14 heteroatoms. The number of hydrogen-bond acceptors (Lipinski definition) is 6. The summed E-state index contributed by atoms with van der Waals surface area (Å²) in [4.78, 5) is 12.5. The van der Waals surface area contributed by atoms with E-state index in [0.29, 0.717) is 11.8 Å². The molecule has 0 spiro atoms. The number of aliphatic hydroxyl groups excluding tert-OH is 1. The van der Waals surface area contributed by atoms with Crippen molar-refractivity contribution in [1.82, 2.24) is 15.1 Å². The Labute approximate surface area is 187 Å². The van der Waals surface area contributed by atoms with Gasteiger partial charge in [-0.1, -0.05) is 0 Å². The predicted molar refractivity (Wildman–Crippen MR) is 103 cm³/mol. The molecule has 1 amide bonds. The van der Waals surface area contributed by atoms with Gasteiger partial charge in [-0.05, 0) is 18.2 Å². The van der Waals surface area contributed by atoms with Crippen LogP contribution in [0.25, 0.3) is 0 Å². The van der Waals surface area contributed by atoms with E-state index in [1.807, 2.05) is 0 Å². The molecule has 180 valence electrons. The van der Waals surface area contributed by atoms with Gasteiger partial charge < -0.3 is 19.9 Å². The lowest BCUT2D eigenvalue weighted by molar-refractivity contribution is -0.137. The molecule has 3 atom stereocenters. The predicted octanol–water partition coefficient (Wildman–Crippen LogP) is 3.18. The van der Waals surface area contributed by atoms with Crippen molar-refractivity contribution in [2.75, 3.05) is 18.1 Å². The van der Waals surface area contributed by atoms with E-state index in [2.05, 4.69) is 10.4 Å². The van der Waals surface area contributed by atoms with Crippen molar-refractivity contribution in [2.45, 2.75) is 37.1 Å². The molecule has 2 aliphatic rings. The van der Waals surface area contributed by atoms with Gasteiger partial charge in [0.05, 0.1) is 23.9 Å². The zero-order valence-electron chi connectivity index (χ0n) is 16.6. The first-order valence-electron chi connectivity index (χ1n) is 9.62. The maximum atomic E-state index is 13.0. The van der Waals surface area contributed by atoms with Gasteiger partial charge in [-0.3, -0.25) is 4.79 Å². The molecule has 4 rings (SSSR count). The SMILES string of the molecule is O=C(N[C@H]1COc2ccc(C(F)(F)F)cc2C1O)c1cc2n(n1)C[C@@H](CSCC(F)(F)F)O2. The summed E-state index contributed by atoms with van der Waals surface area (Å²) in [6, 6.07) is 2.99. The van der Waals surface area contributed by atoms with E-state index in [-0.39, 0.29) is 41.8 Å². The number of carbonyl (C=O) groups is 1. The molecule has 2 N–H and O–H groups in total. The molecule has 0 saturated heterocycles. The monoisotopic (exact) mass is 497 g/mol. The van der Waals surface area contributed by atoms with E-state index in [1.54, 1.807) is 0 Å². The van der Waals surface area contributed by atoms with Crippen LogP contribution in [0.2, 0.25) is 0 Å². The minimum absolute atomic E-state index is 0.0755. The lowest BCUT2D eigenvalue weighted by atomic mass is 9.97. The molecule has 33 heavy (non-hydrogen) atoms. The Morgan fingerprint density at radius 3 is 2.67 bits per heavy atom. The Morgan fingerprint density at radius 2 is 2.00 bits per heavy atom. The average Bonchev–Trinajstić information content (AvgIpc) is 3.27. The van der Waals surface area contributed by atoms with Gasteiger partial charge in [0.25, 0.3) is 5.91 Å². The van der Waals surface area contributed by atoms with E-state index in [1.165, 1.54) is 10.7 Å². The number of rotatable bonds is 5. The number of ether oxygens (including phenoxy) is 2. The molecule has 0 bridgehead atoms. The lowest BCUT2D eigenvalue weighted by Gasteiger charge is -2.31. The van der Waals surface area contributed by atoms with Crippen LogP contribution < -0.4 is 14.8 Å². The molecular formula is C19H17F6N3O4S. The number of nitrogens with zero attached hydrogens (tertiary/aromatic N) is 2. The van der Waals surface area contributed by atoms with E-state index < -0.39 is 47.8 Å². The van der Waals surface area contributed by atoms with Crippen LogP contribution in [0.5, 0.6) is 11.6 Å². The van der Waals surface area contributed by atoms with Crippen LogP contribution in [-0.4, -0.2) is 57.2 Å². The smallest absolute Gasteiger partial charge is 0.416 e. The molecule has 2 aromatic rings. The summed E-state index contributed by atoms with van der Waals surface area (Å²) in [6.07, 6.45) is -10.8. The molecule has 1 aromatic heterocycles. The molecular weight excluding hydrogens is 480 g/mol. The van der Waals surface area contributed by atoms with Gasteiger partial charge in [-0.2, -0.15) is 31.4 Å². The fourth-order valence-electron chi connectivity index (χ4n) is 3.47. The van der Waals surface area contributed by atoms with Crippen LogP contribution in [0.15, 0.2) is 24.3 Å². The van der Waals surface area contributed by atoms with Gasteiger partial charge in [0.15, 0.2) is 5.69 Å². The second kappa shape index (κ2) is 8.63. The van der Waals surface area contributed by atoms with E-state index >= 15 is 0 Å². The first-order chi connectivity index (χ1) is 15.4. The maximum absolute atomic E-state index is 13.0. The number of amides is 1. The summed E-state index contributed by atoms with van der Waals surface area (Å²) in [5, 5.41) is 17.0. The number of hydrogen-bond donors (Lipinski definition) is 2. The second-order valence-corrected chi connectivity index (χ2v) is 8.54. The topological polar surface area (TPSA) is 85.6 Å². The highest BCUT2D eigenvalue weighted by Crippen LogP contribution is 2.38. The summed E-state index contributed by atoms with van der Waals surface area (Å²) >= 11 is 0.680. The molecule has 3 heterocycles. The average molecular weight is 497 g/mol. The van der Waals surface area contributed by atoms with Gasteiger partial charge in [-0.25, -0.2) is 4.68 Å². The molecule has 0 radical (unpaired) electrons. The number of thioether (sulfide) groups is 1. The Kier molecular flexibility index (Phi) is 6.16. The van der Waals surface area contributed by atoms with E-state index in [0.717, 1.165) is 18.2 Å². The normalized spacial score (nSPS) is 22.2. The third-order valence-corrected chi connectivity index (χ3v) is 6.12. The fraction of sp³-hybridized carbons (Fsp3) is 0.474. The number of nitrogens with one attached hydrogen (secondary N) is 1. The van der Waals surface area contributed by atoms with Crippen LogP contribution in [0, 0.1) is 0 Å². The standard InChI is InChI=1S/C19H17F6N3O4S/c20-18(21,22)8-33-7-10-5-28-15(32-10)4-12(27-28)17(30)26-13-6-31-14-2-1-9(19(23,24)25)3-11(14)16(13)29/h1-4,10,13,16,29H,5-8H2,(H,26,30)/t10-,13-,16?/m0/s1. The number of benzene rings is 1. The van der Waals surface area contributed by atoms with Crippen LogP contribution in [0.3, 0.4) is 0 Å². The van der Waals surface area contributed by atoms with Crippen molar-refractivity contribution < 1.29 is 45.7 Å². The Bertz CT molecular complexity index is 1020. The van der Waals surface area contributed by atoms with Crippen molar-refractivity contribution in [1.29, 1.82) is 0 Å². The van der Waals surface area contributed by atoms with Crippen molar-refractivity contribution in [2.24, 2.45) is 0 Å². The van der Waals surface area contributed by atoms with E-state index in [9.17, 15) is 36.2 Å². The largest absolute Gasteiger partial charge is 0.491 e. The summed E-state index contributed by atoms with van der Waals surface area (Å²) in [5.41, 5.74) is -1.13.